The Balaban J connectivity index is 0.926. The van der Waals surface area contributed by atoms with Crippen molar-refractivity contribution in [3.63, 3.8) is 0 Å². The minimum Gasteiger partial charge on any atom is -0.453 e. The number of rotatable bonds is 9. The lowest BCUT2D eigenvalue weighted by atomic mass is 9.96. The second-order valence-electron chi connectivity index (χ2n) is 16.1. The number of amides is 4. The summed E-state index contributed by atoms with van der Waals surface area (Å²) in [6.07, 6.45) is 11.8. The zero-order valence-corrected chi connectivity index (χ0v) is 33.2. The van der Waals surface area contributed by atoms with E-state index in [1.165, 1.54) is 14.2 Å². The van der Waals surface area contributed by atoms with Crippen molar-refractivity contribution in [3.05, 3.63) is 71.4 Å². The topological polar surface area (TPSA) is 175 Å². The second-order valence-corrected chi connectivity index (χ2v) is 16.1. The van der Waals surface area contributed by atoms with E-state index in [4.69, 9.17) is 19.4 Å². The Morgan fingerprint density at radius 1 is 0.690 bits per heavy atom. The number of carbonyl (C=O) groups excluding carboxylic acids is 4. The third-order valence-electron chi connectivity index (χ3n) is 12.5. The van der Waals surface area contributed by atoms with Gasteiger partial charge in [-0.25, -0.2) is 19.6 Å². The van der Waals surface area contributed by atoms with E-state index in [1.807, 2.05) is 52.3 Å². The van der Waals surface area contributed by atoms with Crippen LogP contribution in [0.3, 0.4) is 0 Å². The molecule has 14 heteroatoms. The Labute approximate surface area is 338 Å². The van der Waals surface area contributed by atoms with E-state index in [1.54, 1.807) is 6.20 Å². The van der Waals surface area contributed by atoms with Gasteiger partial charge < -0.3 is 39.9 Å². The molecule has 4 heterocycles. The molecule has 4 aliphatic rings. The number of imidazole rings is 2. The molecule has 304 valence electrons. The van der Waals surface area contributed by atoms with Crippen LogP contribution in [0, 0.1) is 23.7 Å². The lowest BCUT2D eigenvalue weighted by Gasteiger charge is -2.31. The number of nitrogens with one attached hydrogen (secondary N) is 4. The van der Waals surface area contributed by atoms with Crippen LogP contribution >= 0.6 is 0 Å². The molecular weight excluding hydrogens is 737 g/mol. The molecule has 4 atom stereocenters. The van der Waals surface area contributed by atoms with Gasteiger partial charge in [-0.2, -0.15) is 0 Å². The SMILES string of the molecule is COC(=O)NC(C(=O)N1CCCC1c1ncc(-c2ccc(C#Cc3ccc4nc(C5CCCN5C(=O)C(NC(=O)OC)C5CCCC5)[nH]c4c3)cc2)[nH]1)C1CCCC1. The number of alkyl carbamates (subject to hydrolysis) is 2. The fourth-order valence-electron chi connectivity index (χ4n) is 9.50. The predicted molar refractivity (Wildman–Crippen MR) is 216 cm³/mol. The summed E-state index contributed by atoms with van der Waals surface area (Å²) in [7, 11) is 2.65. The molecule has 4 fully saturated rings. The maximum atomic E-state index is 13.9. The quantitative estimate of drug-likeness (QED) is 0.139. The largest absolute Gasteiger partial charge is 0.453 e. The number of benzene rings is 2. The smallest absolute Gasteiger partial charge is 0.407 e. The summed E-state index contributed by atoms with van der Waals surface area (Å²) in [4.78, 5) is 72.4. The van der Waals surface area contributed by atoms with Crippen molar-refractivity contribution in [1.82, 2.24) is 40.4 Å². The first-order valence-electron chi connectivity index (χ1n) is 20.8. The van der Waals surface area contributed by atoms with Crippen LogP contribution in [0.25, 0.3) is 22.3 Å². The number of likely N-dealkylation sites (tertiary alicyclic amines) is 2. The number of fused-ring (bicyclic) bond motifs is 1. The number of nitrogens with zero attached hydrogens (tertiary/aromatic N) is 4. The standard InChI is InChI=1S/C44H52N8O6/c1-57-43(55)49-37(30-9-3-4-10-30)41(53)51-23-7-13-35(51)39-45-26-34(48-39)29-20-17-27(18-21-29)15-16-28-19-22-32-33(25-28)47-40(46-32)36-14-8-24-52(36)42(54)38(50-44(56)58-2)31-11-5-6-12-31/h17-22,25-26,30-31,35-38H,3-14,23-24H2,1-2H3,(H,45,48)(H,46,47)(H,49,55)(H,50,56). The molecule has 4 aromatic rings. The first-order chi connectivity index (χ1) is 28.3. The van der Waals surface area contributed by atoms with Gasteiger partial charge >= 0.3 is 12.2 Å². The molecule has 2 aromatic carbocycles. The second kappa shape index (κ2) is 17.3. The van der Waals surface area contributed by atoms with Gasteiger partial charge in [0.15, 0.2) is 0 Å². The molecule has 0 bridgehead atoms. The van der Waals surface area contributed by atoms with Gasteiger partial charge in [0.25, 0.3) is 0 Å². The Kier molecular flexibility index (Phi) is 11.7. The number of ether oxygens (including phenoxy) is 2. The number of hydrogen-bond acceptors (Lipinski definition) is 8. The van der Waals surface area contributed by atoms with E-state index < -0.39 is 24.3 Å². The maximum absolute atomic E-state index is 13.9. The van der Waals surface area contributed by atoms with E-state index >= 15 is 0 Å². The Morgan fingerprint density at radius 2 is 1.22 bits per heavy atom. The molecule has 2 aromatic heterocycles. The fourth-order valence-corrected chi connectivity index (χ4v) is 9.50. The van der Waals surface area contributed by atoms with Gasteiger partial charge in [0.1, 0.15) is 23.7 Å². The molecule has 2 aliphatic heterocycles. The number of hydrogen-bond donors (Lipinski definition) is 4. The average Bonchev–Trinajstić information content (AvgIpc) is 4.10. The Bertz CT molecular complexity index is 2190. The Hall–Kier alpha value is -5.84. The van der Waals surface area contributed by atoms with Gasteiger partial charge in [0.05, 0.1) is 49.2 Å². The van der Waals surface area contributed by atoms with Crippen molar-refractivity contribution < 1.29 is 28.7 Å². The zero-order chi connectivity index (χ0) is 40.2. The number of aromatic nitrogens is 4. The molecule has 0 spiro atoms. The van der Waals surface area contributed by atoms with Crippen LogP contribution in [0.2, 0.25) is 0 Å². The average molecular weight is 789 g/mol. The van der Waals surface area contributed by atoms with E-state index in [0.29, 0.717) is 13.1 Å². The molecule has 2 aliphatic carbocycles. The van der Waals surface area contributed by atoms with Gasteiger partial charge in [0, 0.05) is 24.2 Å². The molecule has 2 saturated heterocycles. The highest BCUT2D eigenvalue weighted by Crippen LogP contribution is 2.37. The van der Waals surface area contributed by atoms with Crippen LogP contribution < -0.4 is 10.6 Å². The number of aromatic amines is 2. The van der Waals surface area contributed by atoms with Gasteiger partial charge in [-0.3, -0.25) is 9.59 Å². The number of methoxy groups -OCH3 is 2. The summed E-state index contributed by atoms with van der Waals surface area (Å²) in [5, 5.41) is 5.67. The zero-order valence-electron chi connectivity index (χ0n) is 33.2. The first kappa shape index (κ1) is 39.0. The number of H-pyrrole nitrogens is 2. The van der Waals surface area contributed by atoms with Gasteiger partial charge in [-0.1, -0.05) is 49.7 Å². The van der Waals surface area contributed by atoms with Crippen molar-refractivity contribution in [2.45, 2.75) is 101 Å². The van der Waals surface area contributed by atoms with Crippen molar-refractivity contribution in [2.24, 2.45) is 11.8 Å². The minimum atomic E-state index is -0.605. The molecule has 58 heavy (non-hydrogen) atoms. The summed E-state index contributed by atoms with van der Waals surface area (Å²) in [6, 6.07) is 12.2. The van der Waals surface area contributed by atoms with E-state index in [0.717, 1.165) is 122 Å². The van der Waals surface area contributed by atoms with Crippen LogP contribution in [0.4, 0.5) is 9.59 Å². The van der Waals surface area contributed by atoms with E-state index in [9.17, 15) is 19.2 Å². The molecule has 14 nitrogen and oxygen atoms in total. The normalized spacial score (nSPS) is 20.8. The molecule has 4 unspecified atom stereocenters. The molecule has 8 rings (SSSR count). The highest BCUT2D eigenvalue weighted by Gasteiger charge is 2.42. The molecule has 0 radical (unpaired) electrons. The molecule has 4 N–H and O–H groups in total. The summed E-state index contributed by atoms with van der Waals surface area (Å²) >= 11 is 0. The van der Waals surface area contributed by atoms with Crippen molar-refractivity contribution in [3.8, 4) is 23.1 Å². The predicted octanol–water partition coefficient (Wildman–Crippen LogP) is 6.51. The molecule has 2 saturated carbocycles. The van der Waals surface area contributed by atoms with E-state index in [2.05, 4.69) is 32.4 Å². The van der Waals surface area contributed by atoms with Crippen LogP contribution in [-0.4, -0.2) is 93.1 Å². The third-order valence-corrected chi connectivity index (χ3v) is 12.5. The lowest BCUT2D eigenvalue weighted by molar-refractivity contribution is -0.136. The van der Waals surface area contributed by atoms with Crippen molar-refractivity contribution in [2.75, 3.05) is 27.3 Å². The first-order valence-corrected chi connectivity index (χ1v) is 20.8. The Morgan fingerprint density at radius 3 is 1.79 bits per heavy atom. The van der Waals surface area contributed by atoms with Gasteiger partial charge in [0.2, 0.25) is 11.8 Å². The van der Waals surface area contributed by atoms with Gasteiger partial charge in [-0.15, -0.1) is 0 Å². The fraction of sp³-hybridized carbons (Fsp3) is 0.500. The number of carbonyl (C=O) groups is 4. The van der Waals surface area contributed by atoms with E-state index in [-0.39, 0.29) is 35.7 Å². The monoisotopic (exact) mass is 788 g/mol. The molecule has 4 amide bonds. The lowest BCUT2D eigenvalue weighted by Crippen LogP contribution is -2.51. The summed E-state index contributed by atoms with van der Waals surface area (Å²) in [5.74, 6) is 8.10. The minimum absolute atomic E-state index is 0.0703. The summed E-state index contributed by atoms with van der Waals surface area (Å²) in [6.45, 7) is 1.23. The highest BCUT2D eigenvalue weighted by atomic mass is 16.5. The van der Waals surface area contributed by atoms with Crippen LogP contribution in [0.1, 0.15) is 112 Å². The maximum Gasteiger partial charge on any atom is 0.407 e. The third kappa shape index (κ3) is 8.26. The molecular formula is C44H52N8O6. The van der Waals surface area contributed by atoms with Crippen molar-refractivity contribution in [1.29, 1.82) is 0 Å². The van der Waals surface area contributed by atoms with Gasteiger partial charge in [-0.05, 0) is 99.1 Å². The highest BCUT2D eigenvalue weighted by molar-refractivity contribution is 5.87. The van der Waals surface area contributed by atoms with Crippen LogP contribution in [0.15, 0.2) is 48.7 Å². The summed E-state index contributed by atoms with van der Waals surface area (Å²) < 4.78 is 9.72. The van der Waals surface area contributed by atoms with Crippen LogP contribution in [-0.2, 0) is 19.1 Å². The summed E-state index contributed by atoms with van der Waals surface area (Å²) in [5.41, 5.74) is 5.15. The van der Waals surface area contributed by atoms with Crippen molar-refractivity contribution >= 4 is 35.0 Å². The van der Waals surface area contributed by atoms with Crippen LogP contribution in [0.5, 0.6) is 0 Å².